The Hall–Kier alpha value is -4.79. The number of para-hydroxylation sites is 1. The summed E-state index contributed by atoms with van der Waals surface area (Å²) in [7, 11) is 4.06. The number of nitrogens with zero attached hydrogens (tertiary/aromatic N) is 3. The maximum atomic E-state index is 13.8. The standard InChI is InChI=1S/C35H33N5O2S/c1-23(39(2)3)36-35-38-32-29-15-9-10-16-30(29)40(22-21-31(32)43-35)34(42)25-17-19-26(20-18-25)37-33(41)28-14-8-7-13-27(28)24-11-5-4-6-12-24/h4-20,23H,21-22H2,1-3H3,(H,36,38)(H,37,41). The van der Waals surface area contributed by atoms with Gasteiger partial charge in [-0.2, -0.15) is 0 Å². The minimum atomic E-state index is -0.201. The molecule has 1 aromatic heterocycles. The van der Waals surface area contributed by atoms with Gasteiger partial charge in [-0.05, 0) is 68.5 Å². The number of carbonyl (C=O) groups is 2. The molecule has 1 atom stereocenters. The smallest absolute Gasteiger partial charge is 0.258 e. The molecule has 5 aromatic rings. The van der Waals surface area contributed by atoms with E-state index >= 15 is 0 Å². The first-order chi connectivity index (χ1) is 20.9. The van der Waals surface area contributed by atoms with Gasteiger partial charge in [0.25, 0.3) is 11.8 Å². The molecule has 43 heavy (non-hydrogen) atoms. The van der Waals surface area contributed by atoms with E-state index in [-0.39, 0.29) is 18.0 Å². The fraction of sp³-hybridized carbons (Fsp3) is 0.171. The highest BCUT2D eigenvalue weighted by Gasteiger charge is 2.28. The molecule has 0 aliphatic carbocycles. The van der Waals surface area contributed by atoms with Crippen LogP contribution < -0.4 is 15.5 Å². The van der Waals surface area contributed by atoms with Gasteiger partial charge in [0.15, 0.2) is 5.13 Å². The molecule has 0 saturated carbocycles. The zero-order valence-electron chi connectivity index (χ0n) is 24.4. The van der Waals surface area contributed by atoms with Crippen LogP contribution in [0.25, 0.3) is 22.4 Å². The Morgan fingerprint density at radius 3 is 2.28 bits per heavy atom. The van der Waals surface area contributed by atoms with Crippen LogP contribution in [0.2, 0.25) is 0 Å². The van der Waals surface area contributed by atoms with E-state index in [1.54, 1.807) is 35.6 Å². The highest BCUT2D eigenvalue weighted by atomic mass is 32.1. The fourth-order valence-corrected chi connectivity index (χ4v) is 6.20. The Labute approximate surface area is 255 Å². The first-order valence-corrected chi connectivity index (χ1v) is 15.1. The van der Waals surface area contributed by atoms with Crippen molar-refractivity contribution in [1.82, 2.24) is 9.88 Å². The lowest BCUT2D eigenvalue weighted by molar-refractivity contribution is 0.0986. The molecule has 4 aromatic carbocycles. The summed E-state index contributed by atoms with van der Waals surface area (Å²) < 4.78 is 0. The minimum absolute atomic E-state index is 0.0884. The molecule has 0 spiro atoms. The van der Waals surface area contributed by atoms with E-state index in [4.69, 9.17) is 4.98 Å². The quantitative estimate of drug-likeness (QED) is 0.196. The second kappa shape index (κ2) is 12.2. The molecule has 2 N–H and O–H groups in total. The zero-order chi connectivity index (χ0) is 29.9. The summed E-state index contributed by atoms with van der Waals surface area (Å²) in [6.07, 6.45) is 0.856. The average Bonchev–Trinajstić information content (AvgIpc) is 3.37. The predicted molar refractivity (Wildman–Crippen MR) is 176 cm³/mol. The van der Waals surface area contributed by atoms with E-state index in [1.165, 1.54) is 0 Å². The molecule has 2 heterocycles. The highest BCUT2D eigenvalue weighted by molar-refractivity contribution is 7.16. The molecule has 0 fully saturated rings. The number of nitrogens with one attached hydrogen (secondary N) is 2. The number of hydrogen-bond donors (Lipinski definition) is 2. The van der Waals surface area contributed by atoms with Crippen molar-refractivity contribution < 1.29 is 9.59 Å². The van der Waals surface area contributed by atoms with E-state index in [2.05, 4.69) is 22.5 Å². The average molecular weight is 588 g/mol. The van der Waals surface area contributed by atoms with Crippen molar-refractivity contribution in [2.45, 2.75) is 19.5 Å². The number of benzene rings is 4. The van der Waals surface area contributed by atoms with Crippen LogP contribution in [-0.2, 0) is 6.42 Å². The van der Waals surface area contributed by atoms with Crippen molar-refractivity contribution in [3.8, 4) is 22.4 Å². The van der Waals surface area contributed by atoms with Crippen molar-refractivity contribution in [2.75, 3.05) is 36.2 Å². The molecule has 8 heteroatoms. The number of hydrogen-bond acceptors (Lipinski definition) is 6. The molecule has 0 saturated heterocycles. The van der Waals surface area contributed by atoms with Crippen LogP contribution in [-0.4, -0.2) is 48.5 Å². The number of rotatable bonds is 7. The van der Waals surface area contributed by atoms with Crippen LogP contribution >= 0.6 is 11.3 Å². The summed E-state index contributed by atoms with van der Waals surface area (Å²) in [6, 6.07) is 32.5. The summed E-state index contributed by atoms with van der Waals surface area (Å²) in [4.78, 5) is 37.1. The van der Waals surface area contributed by atoms with Crippen molar-refractivity contribution in [3.63, 3.8) is 0 Å². The Bertz CT molecular complexity index is 1770. The molecule has 0 radical (unpaired) electrons. The van der Waals surface area contributed by atoms with Gasteiger partial charge in [-0.15, -0.1) is 11.3 Å². The number of fused-ring (bicyclic) bond motifs is 3. The van der Waals surface area contributed by atoms with Crippen LogP contribution in [0.15, 0.2) is 103 Å². The lowest BCUT2D eigenvalue weighted by atomic mass is 9.99. The largest absolute Gasteiger partial charge is 0.346 e. The van der Waals surface area contributed by atoms with Crippen LogP contribution in [0.5, 0.6) is 0 Å². The summed E-state index contributed by atoms with van der Waals surface area (Å²) >= 11 is 1.65. The van der Waals surface area contributed by atoms with Crippen LogP contribution in [0.4, 0.5) is 16.5 Å². The number of thiazole rings is 1. The fourth-order valence-electron chi connectivity index (χ4n) is 5.16. The van der Waals surface area contributed by atoms with Crippen LogP contribution in [0.1, 0.15) is 32.5 Å². The third-order valence-electron chi connectivity index (χ3n) is 7.71. The highest BCUT2D eigenvalue weighted by Crippen LogP contribution is 2.40. The zero-order valence-corrected chi connectivity index (χ0v) is 25.2. The normalized spacial score (nSPS) is 13.1. The van der Waals surface area contributed by atoms with E-state index in [0.717, 1.165) is 38.1 Å². The molecule has 216 valence electrons. The van der Waals surface area contributed by atoms with Gasteiger partial charge in [-0.1, -0.05) is 66.7 Å². The van der Waals surface area contributed by atoms with Gasteiger partial charge in [0.2, 0.25) is 0 Å². The molecule has 1 aliphatic rings. The van der Waals surface area contributed by atoms with E-state index in [9.17, 15) is 9.59 Å². The molecule has 1 unspecified atom stereocenters. The first-order valence-electron chi connectivity index (χ1n) is 14.3. The molecule has 7 nitrogen and oxygen atoms in total. The Morgan fingerprint density at radius 1 is 0.860 bits per heavy atom. The molecular formula is C35H33N5O2S. The van der Waals surface area contributed by atoms with Gasteiger partial charge >= 0.3 is 0 Å². The molecule has 0 bridgehead atoms. The number of carbonyl (C=O) groups excluding carboxylic acids is 2. The Morgan fingerprint density at radius 2 is 1.53 bits per heavy atom. The molecule has 2 amide bonds. The van der Waals surface area contributed by atoms with Gasteiger partial charge in [0.1, 0.15) is 0 Å². The molecular weight excluding hydrogens is 554 g/mol. The van der Waals surface area contributed by atoms with Crippen LogP contribution in [0.3, 0.4) is 0 Å². The summed E-state index contributed by atoms with van der Waals surface area (Å²) in [5, 5.41) is 7.35. The third-order valence-corrected chi connectivity index (χ3v) is 8.75. The lowest BCUT2D eigenvalue weighted by Crippen LogP contribution is -2.32. The third kappa shape index (κ3) is 5.93. The van der Waals surface area contributed by atoms with Crippen molar-refractivity contribution in [1.29, 1.82) is 0 Å². The summed E-state index contributed by atoms with van der Waals surface area (Å²) in [5.74, 6) is -0.290. The maximum absolute atomic E-state index is 13.8. The predicted octanol–water partition coefficient (Wildman–Crippen LogP) is 7.25. The monoisotopic (exact) mass is 587 g/mol. The number of amides is 2. The van der Waals surface area contributed by atoms with E-state index < -0.39 is 0 Å². The van der Waals surface area contributed by atoms with Crippen molar-refractivity contribution in [3.05, 3.63) is 119 Å². The van der Waals surface area contributed by atoms with E-state index in [0.29, 0.717) is 29.8 Å². The van der Waals surface area contributed by atoms with Crippen molar-refractivity contribution in [2.24, 2.45) is 0 Å². The van der Waals surface area contributed by atoms with Gasteiger partial charge in [0.05, 0.1) is 17.5 Å². The van der Waals surface area contributed by atoms with Gasteiger partial charge in [-0.3, -0.25) is 14.5 Å². The van der Waals surface area contributed by atoms with Crippen molar-refractivity contribution >= 4 is 39.7 Å². The minimum Gasteiger partial charge on any atom is -0.346 e. The Kier molecular flexibility index (Phi) is 8.05. The topological polar surface area (TPSA) is 77.6 Å². The number of aromatic nitrogens is 1. The first kappa shape index (κ1) is 28.3. The summed E-state index contributed by atoms with van der Waals surface area (Å²) in [5.41, 5.74) is 6.34. The Balaban J connectivity index is 1.21. The van der Waals surface area contributed by atoms with Gasteiger partial charge < -0.3 is 15.5 Å². The van der Waals surface area contributed by atoms with Gasteiger partial charge in [0, 0.05) is 40.2 Å². The van der Waals surface area contributed by atoms with E-state index in [1.807, 2.05) is 97.9 Å². The van der Waals surface area contributed by atoms with Gasteiger partial charge in [-0.25, -0.2) is 4.98 Å². The molecule has 6 rings (SSSR count). The second-order valence-electron chi connectivity index (χ2n) is 10.7. The molecule has 1 aliphatic heterocycles. The summed E-state index contributed by atoms with van der Waals surface area (Å²) in [6.45, 7) is 2.64. The SMILES string of the molecule is CC(Nc1nc2c(s1)CCN(C(=O)c1ccc(NC(=O)c3ccccc3-c3ccccc3)cc1)c1ccccc1-2)N(C)C. The van der Waals surface area contributed by atoms with Crippen LogP contribution in [0, 0.1) is 0 Å². The maximum Gasteiger partial charge on any atom is 0.258 e. The number of anilines is 3. The lowest BCUT2D eigenvalue weighted by Gasteiger charge is -2.23. The second-order valence-corrected chi connectivity index (χ2v) is 11.8.